The van der Waals surface area contributed by atoms with E-state index in [1.54, 1.807) is 37.1 Å². The van der Waals surface area contributed by atoms with Gasteiger partial charge >= 0.3 is 0 Å². The smallest absolute Gasteiger partial charge is 0.293 e. The average Bonchev–Trinajstić information content (AvgIpc) is 3.30. The highest BCUT2D eigenvalue weighted by Crippen LogP contribution is 2.40. The lowest BCUT2D eigenvalue weighted by molar-refractivity contribution is -0.178. The maximum Gasteiger partial charge on any atom is 0.293 e. The van der Waals surface area contributed by atoms with E-state index in [0.29, 0.717) is 32.5 Å². The van der Waals surface area contributed by atoms with Crippen LogP contribution < -0.4 is 0 Å². The molecule has 2 aliphatic heterocycles. The molecule has 1 saturated heterocycles. The van der Waals surface area contributed by atoms with Crippen molar-refractivity contribution in [2.75, 3.05) is 27.2 Å². The zero-order valence-corrected chi connectivity index (χ0v) is 15.7. The van der Waals surface area contributed by atoms with E-state index < -0.39 is 11.7 Å². The highest BCUT2D eigenvalue weighted by Gasteiger charge is 2.48. The number of hydrogen-bond donors (Lipinski definition) is 0. The first kappa shape index (κ1) is 17.7. The van der Waals surface area contributed by atoms with Gasteiger partial charge in [-0.1, -0.05) is 0 Å². The quantitative estimate of drug-likeness (QED) is 0.712. The number of rotatable bonds is 2. The number of fused-ring (bicyclic) bond motifs is 2. The van der Waals surface area contributed by atoms with Gasteiger partial charge < -0.3 is 19.1 Å². The normalized spacial score (nSPS) is 21.1. The van der Waals surface area contributed by atoms with E-state index >= 15 is 0 Å². The van der Waals surface area contributed by atoms with Gasteiger partial charge in [0.25, 0.3) is 11.8 Å². The predicted molar refractivity (Wildman–Crippen MR) is 93.6 cm³/mol. The molecule has 2 aliphatic rings. The van der Waals surface area contributed by atoms with Crippen LogP contribution in [0.2, 0.25) is 0 Å². The van der Waals surface area contributed by atoms with E-state index in [9.17, 15) is 9.59 Å². The molecule has 10 nitrogen and oxygen atoms in total. The number of imidazole rings is 1. The maximum absolute atomic E-state index is 12.6. The number of carbonyl (C=O) groups excluding carboxylic acids is 2. The highest BCUT2D eigenvalue weighted by molar-refractivity contribution is 5.90. The molecule has 1 atom stereocenters. The van der Waals surface area contributed by atoms with Crippen molar-refractivity contribution in [2.24, 2.45) is 7.05 Å². The molecule has 1 spiro atoms. The second-order valence-corrected chi connectivity index (χ2v) is 7.27. The first-order valence-corrected chi connectivity index (χ1v) is 8.95. The number of hydrogen-bond acceptors (Lipinski definition) is 6. The standard InChI is InChI=1S/C17H23N7O3/c1-21(2)14(25)12-10-24-9-6-18-16(24)17(27-12)4-7-23(8-5-17)15(26)13-19-11-22(3)20-13/h6,9,11-12H,4-5,7-8,10H2,1-3H3/t12-/m0/s1. The van der Waals surface area contributed by atoms with Crippen LogP contribution in [0.3, 0.4) is 0 Å². The molecule has 144 valence electrons. The van der Waals surface area contributed by atoms with Gasteiger partial charge in [0, 0.05) is 59.5 Å². The molecule has 0 radical (unpaired) electrons. The summed E-state index contributed by atoms with van der Waals surface area (Å²) in [5, 5.41) is 4.09. The third-order valence-corrected chi connectivity index (χ3v) is 5.22. The molecule has 27 heavy (non-hydrogen) atoms. The Kier molecular flexibility index (Phi) is 4.22. The van der Waals surface area contributed by atoms with Crippen LogP contribution in [-0.4, -0.2) is 79.2 Å². The zero-order valence-electron chi connectivity index (χ0n) is 15.7. The fourth-order valence-electron chi connectivity index (χ4n) is 3.80. The van der Waals surface area contributed by atoms with Gasteiger partial charge in [0.05, 0.1) is 6.54 Å². The number of nitrogens with zero attached hydrogens (tertiary/aromatic N) is 7. The molecule has 2 aromatic rings. The Labute approximate surface area is 156 Å². The van der Waals surface area contributed by atoms with Crippen molar-refractivity contribution >= 4 is 11.8 Å². The number of piperidine rings is 1. The molecule has 0 unspecified atom stereocenters. The second-order valence-electron chi connectivity index (χ2n) is 7.27. The number of aryl methyl sites for hydroxylation is 1. The molecule has 2 amide bonds. The molecular weight excluding hydrogens is 350 g/mol. The Hall–Kier alpha value is -2.75. The lowest BCUT2D eigenvalue weighted by Crippen LogP contribution is -2.54. The van der Waals surface area contributed by atoms with E-state index in [1.165, 1.54) is 11.0 Å². The minimum atomic E-state index is -0.660. The van der Waals surface area contributed by atoms with E-state index in [0.717, 1.165) is 5.82 Å². The van der Waals surface area contributed by atoms with Crippen molar-refractivity contribution < 1.29 is 14.3 Å². The molecule has 0 N–H and O–H groups in total. The average molecular weight is 373 g/mol. The Balaban J connectivity index is 1.54. The van der Waals surface area contributed by atoms with Gasteiger partial charge in [-0.05, 0) is 0 Å². The third kappa shape index (κ3) is 2.99. The van der Waals surface area contributed by atoms with Crippen LogP contribution >= 0.6 is 0 Å². The fourth-order valence-corrected chi connectivity index (χ4v) is 3.80. The monoisotopic (exact) mass is 373 g/mol. The second kappa shape index (κ2) is 6.45. The fraction of sp³-hybridized carbons (Fsp3) is 0.588. The summed E-state index contributed by atoms with van der Waals surface area (Å²) >= 11 is 0. The van der Waals surface area contributed by atoms with Crippen LogP contribution in [0.25, 0.3) is 0 Å². The lowest BCUT2D eigenvalue weighted by atomic mass is 9.88. The SMILES string of the molecule is CN(C)C(=O)[C@@H]1Cn2ccnc2C2(CCN(C(=O)c3ncn(C)n3)CC2)O1. The molecule has 10 heteroatoms. The Bertz CT molecular complexity index is 864. The van der Waals surface area contributed by atoms with Gasteiger partial charge in [0.2, 0.25) is 5.82 Å². The largest absolute Gasteiger partial charge is 0.352 e. The van der Waals surface area contributed by atoms with Crippen LogP contribution in [0.5, 0.6) is 0 Å². The number of amides is 2. The summed E-state index contributed by atoms with van der Waals surface area (Å²) in [7, 11) is 5.18. The van der Waals surface area contributed by atoms with Crippen LogP contribution in [-0.2, 0) is 28.7 Å². The minimum absolute atomic E-state index is 0.0649. The number of likely N-dealkylation sites (tertiary alicyclic amines) is 1. The van der Waals surface area contributed by atoms with E-state index in [2.05, 4.69) is 15.1 Å². The van der Waals surface area contributed by atoms with E-state index in [-0.39, 0.29) is 17.6 Å². The Morgan fingerprint density at radius 3 is 2.63 bits per heavy atom. The molecule has 2 aromatic heterocycles. The molecule has 0 saturated carbocycles. The molecule has 0 aromatic carbocycles. The van der Waals surface area contributed by atoms with Crippen LogP contribution in [0.4, 0.5) is 0 Å². The topological polar surface area (TPSA) is 98.4 Å². The third-order valence-electron chi connectivity index (χ3n) is 5.22. The van der Waals surface area contributed by atoms with Gasteiger partial charge in [-0.25, -0.2) is 9.97 Å². The summed E-state index contributed by atoms with van der Waals surface area (Å²) < 4.78 is 9.82. The number of aromatic nitrogens is 5. The molecule has 0 aliphatic carbocycles. The van der Waals surface area contributed by atoms with Crippen molar-refractivity contribution in [1.82, 2.24) is 34.1 Å². The number of carbonyl (C=O) groups is 2. The van der Waals surface area contributed by atoms with Crippen molar-refractivity contribution in [1.29, 1.82) is 0 Å². The van der Waals surface area contributed by atoms with Gasteiger partial charge in [0.15, 0.2) is 6.10 Å². The van der Waals surface area contributed by atoms with Gasteiger partial charge in [-0.2, -0.15) is 0 Å². The Morgan fingerprint density at radius 1 is 1.26 bits per heavy atom. The van der Waals surface area contributed by atoms with E-state index in [1.807, 2.05) is 10.8 Å². The van der Waals surface area contributed by atoms with Crippen LogP contribution in [0.15, 0.2) is 18.7 Å². The molecular formula is C17H23N7O3. The summed E-state index contributed by atoms with van der Waals surface area (Å²) in [5.74, 6) is 0.768. The van der Waals surface area contributed by atoms with E-state index in [4.69, 9.17) is 4.74 Å². The summed E-state index contributed by atoms with van der Waals surface area (Å²) in [4.78, 5) is 36.9. The van der Waals surface area contributed by atoms with Gasteiger partial charge in [0.1, 0.15) is 17.8 Å². The van der Waals surface area contributed by atoms with Crippen LogP contribution in [0, 0.1) is 0 Å². The van der Waals surface area contributed by atoms with Gasteiger partial charge in [-0.15, -0.1) is 5.10 Å². The zero-order chi connectivity index (χ0) is 19.2. The van der Waals surface area contributed by atoms with Crippen LogP contribution in [0.1, 0.15) is 29.3 Å². The minimum Gasteiger partial charge on any atom is -0.352 e. The van der Waals surface area contributed by atoms with Crippen molar-refractivity contribution in [3.63, 3.8) is 0 Å². The Morgan fingerprint density at radius 2 is 2.00 bits per heavy atom. The first-order valence-electron chi connectivity index (χ1n) is 8.95. The van der Waals surface area contributed by atoms with Crippen molar-refractivity contribution in [2.45, 2.75) is 31.1 Å². The molecule has 4 rings (SSSR count). The van der Waals surface area contributed by atoms with Crippen molar-refractivity contribution in [3.05, 3.63) is 30.4 Å². The predicted octanol–water partition coefficient (Wildman–Crippen LogP) is -0.370. The number of likely N-dealkylation sites (N-methyl/N-ethyl adjacent to an activating group) is 1. The lowest BCUT2D eigenvalue weighted by Gasteiger charge is -2.45. The molecule has 0 bridgehead atoms. The first-order chi connectivity index (χ1) is 12.9. The summed E-state index contributed by atoms with van der Waals surface area (Å²) in [6.45, 7) is 1.44. The van der Waals surface area contributed by atoms with Crippen molar-refractivity contribution in [3.8, 4) is 0 Å². The van der Waals surface area contributed by atoms with Gasteiger partial charge in [-0.3, -0.25) is 14.3 Å². The maximum atomic E-state index is 12.6. The summed E-state index contributed by atoms with van der Waals surface area (Å²) in [6.07, 6.45) is 5.71. The summed E-state index contributed by atoms with van der Waals surface area (Å²) in [5.41, 5.74) is -0.660. The number of ether oxygens (including phenoxy) is 1. The summed E-state index contributed by atoms with van der Waals surface area (Å²) in [6, 6.07) is 0. The molecule has 4 heterocycles. The molecule has 1 fully saturated rings. The highest BCUT2D eigenvalue weighted by atomic mass is 16.5.